The van der Waals surface area contributed by atoms with Crippen LogP contribution in [0.4, 0.5) is 5.69 Å². The number of carbonyl (C=O) groups excluding carboxylic acids is 2. The number of methoxy groups -OCH3 is 1. The van der Waals surface area contributed by atoms with Gasteiger partial charge < -0.3 is 15.4 Å². The van der Waals surface area contributed by atoms with Crippen LogP contribution < -0.4 is 15.4 Å². The highest BCUT2D eigenvalue weighted by Gasteiger charge is 2.25. The molecule has 122 valence electrons. The van der Waals surface area contributed by atoms with Crippen LogP contribution in [0.15, 0.2) is 30.4 Å². The molecule has 1 aromatic rings. The molecule has 0 aliphatic heterocycles. The van der Waals surface area contributed by atoms with Gasteiger partial charge in [-0.05, 0) is 49.8 Å². The number of carbonyl (C=O) groups is 2. The van der Waals surface area contributed by atoms with E-state index in [0.717, 1.165) is 25.7 Å². The van der Waals surface area contributed by atoms with Crippen molar-refractivity contribution < 1.29 is 14.3 Å². The Bertz CT molecular complexity index is 635. The van der Waals surface area contributed by atoms with Crippen LogP contribution in [0, 0.1) is 5.92 Å². The number of rotatable bonds is 6. The molecule has 0 bridgehead atoms. The molecule has 0 spiro atoms. The van der Waals surface area contributed by atoms with Crippen molar-refractivity contribution in [1.29, 1.82) is 0 Å². The van der Waals surface area contributed by atoms with Crippen LogP contribution in [0.2, 0.25) is 0 Å². The third-order valence-electron chi connectivity index (χ3n) is 4.22. The topological polar surface area (TPSA) is 67.4 Å². The molecule has 2 amide bonds. The van der Waals surface area contributed by atoms with Crippen LogP contribution in [-0.4, -0.2) is 25.0 Å². The van der Waals surface area contributed by atoms with Crippen molar-refractivity contribution >= 4 is 17.5 Å². The van der Waals surface area contributed by atoms with Crippen molar-refractivity contribution in [2.24, 2.45) is 5.92 Å². The molecule has 2 aliphatic carbocycles. The average Bonchev–Trinajstić information content (AvgIpc) is 3.21. The number of hydrogen-bond acceptors (Lipinski definition) is 3. The largest absolute Gasteiger partial charge is 0.497 e. The van der Waals surface area contributed by atoms with Crippen molar-refractivity contribution in [2.75, 3.05) is 12.4 Å². The van der Waals surface area contributed by atoms with Crippen molar-refractivity contribution in [3.63, 3.8) is 0 Å². The van der Waals surface area contributed by atoms with E-state index < -0.39 is 0 Å². The van der Waals surface area contributed by atoms with Crippen LogP contribution in [0.1, 0.15) is 42.5 Å². The Balaban J connectivity index is 1.72. The number of ether oxygens (including phenoxy) is 1. The van der Waals surface area contributed by atoms with E-state index >= 15 is 0 Å². The van der Waals surface area contributed by atoms with E-state index in [-0.39, 0.29) is 17.9 Å². The molecule has 0 unspecified atom stereocenters. The van der Waals surface area contributed by atoms with Gasteiger partial charge in [-0.25, -0.2) is 0 Å². The Hall–Kier alpha value is -2.30. The molecule has 1 fully saturated rings. The summed E-state index contributed by atoms with van der Waals surface area (Å²) in [6.07, 6.45) is 8.75. The zero-order valence-corrected chi connectivity index (χ0v) is 13.3. The minimum Gasteiger partial charge on any atom is -0.497 e. The maximum atomic E-state index is 12.4. The Kier molecular flexibility index (Phi) is 4.65. The first kappa shape index (κ1) is 15.6. The molecule has 3 rings (SSSR count). The zero-order chi connectivity index (χ0) is 16.2. The first-order valence-electron chi connectivity index (χ1n) is 8.11. The smallest absolute Gasteiger partial charge is 0.253 e. The van der Waals surface area contributed by atoms with Gasteiger partial charge in [-0.3, -0.25) is 9.59 Å². The van der Waals surface area contributed by atoms with Gasteiger partial charge in [0.1, 0.15) is 5.75 Å². The van der Waals surface area contributed by atoms with E-state index in [0.29, 0.717) is 29.3 Å². The summed E-state index contributed by atoms with van der Waals surface area (Å²) >= 11 is 0. The molecule has 2 aliphatic rings. The maximum Gasteiger partial charge on any atom is 0.253 e. The molecule has 0 radical (unpaired) electrons. The average molecular weight is 314 g/mol. The molecule has 0 aromatic heterocycles. The molecule has 1 atom stereocenters. The SMILES string of the molecule is COc1ccc(NC(=O)C[C@H]2C=CCC2)c(C(=O)NC2CC2)c1. The fraction of sp³-hybridized carbons (Fsp3) is 0.444. The second-order valence-electron chi connectivity index (χ2n) is 6.18. The monoisotopic (exact) mass is 314 g/mol. The number of benzene rings is 1. The number of nitrogens with one attached hydrogen (secondary N) is 2. The lowest BCUT2D eigenvalue weighted by atomic mass is 10.0. The Morgan fingerprint density at radius 1 is 1.26 bits per heavy atom. The summed E-state index contributed by atoms with van der Waals surface area (Å²) in [4.78, 5) is 24.6. The molecule has 5 heteroatoms. The number of hydrogen-bond donors (Lipinski definition) is 2. The summed E-state index contributed by atoms with van der Waals surface area (Å²) in [6, 6.07) is 5.41. The number of amides is 2. The van der Waals surface area contributed by atoms with E-state index in [4.69, 9.17) is 4.74 Å². The standard InChI is InChI=1S/C18H22N2O3/c1-23-14-8-9-16(15(11-14)18(22)19-13-6-7-13)20-17(21)10-12-4-2-3-5-12/h2,4,8-9,11-13H,3,5-7,10H2,1H3,(H,19,22)(H,20,21)/t12-/m0/s1. The second kappa shape index (κ2) is 6.86. The summed E-state index contributed by atoms with van der Waals surface area (Å²) in [5, 5.41) is 5.83. The molecular formula is C18H22N2O3. The lowest BCUT2D eigenvalue weighted by Crippen LogP contribution is -2.27. The van der Waals surface area contributed by atoms with Gasteiger partial charge in [0.2, 0.25) is 5.91 Å². The summed E-state index contributed by atoms with van der Waals surface area (Å²) in [5.41, 5.74) is 0.988. The van der Waals surface area contributed by atoms with Gasteiger partial charge in [-0.2, -0.15) is 0 Å². The third-order valence-corrected chi connectivity index (χ3v) is 4.22. The quantitative estimate of drug-likeness (QED) is 0.793. The number of allylic oxidation sites excluding steroid dienone is 2. The van der Waals surface area contributed by atoms with Gasteiger partial charge in [-0.15, -0.1) is 0 Å². The Labute approximate surface area is 136 Å². The van der Waals surface area contributed by atoms with Crippen molar-refractivity contribution in [3.8, 4) is 5.75 Å². The van der Waals surface area contributed by atoms with Crippen molar-refractivity contribution in [2.45, 2.75) is 38.1 Å². The normalized spacial score (nSPS) is 19.4. The molecule has 1 saturated carbocycles. The van der Waals surface area contributed by atoms with Crippen LogP contribution in [-0.2, 0) is 4.79 Å². The van der Waals surface area contributed by atoms with Gasteiger partial charge in [-0.1, -0.05) is 12.2 Å². The Morgan fingerprint density at radius 2 is 2.09 bits per heavy atom. The van der Waals surface area contributed by atoms with E-state index in [2.05, 4.69) is 22.8 Å². The fourth-order valence-electron chi connectivity index (χ4n) is 2.74. The van der Waals surface area contributed by atoms with Crippen LogP contribution in [0.5, 0.6) is 5.75 Å². The first-order chi connectivity index (χ1) is 11.2. The molecule has 2 N–H and O–H groups in total. The third kappa shape index (κ3) is 4.12. The van der Waals surface area contributed by atoms with Crippen LogP contribution in [0.3, 0.4) is 0 Å². The summed E-state index contributed by atoms with van der Waals surface area (Å²) in [6.45, 7) is 0. The molecule has 1 aromatic carbocycles. The van der Waals surface area contributed by atoms with Gasteiger partial charge in [0.25, 0.3) is 5.91 Å². The van der Waals surface area contributed by atoms with E-state index in [9.17, 15) is 9.59 Å². The predicted octanol–water partition coefficient (Wildman–Crippen LogP) is 2.88. The van der Waals surface area contributed by atoms with E-state index in [1.165, 1.54) is 0 Å². The molecule has 5 nitrogen and oxygen atoms in total. The van der Waals surface area contributed by atoms with Crippen LogP contribution >= 0.6 is 0 Å². The van der Waals surface area contributed by atoms with E-state index in [1.54, 1.807) is 25.3 Å². The minimum absolute atomic E-state index is 0.0628. The first-order valence-corrected chi connectivity index (χ1v) is 8.11. The van der Waals surface area contributed by atoms with Gasteiger partial charge in [0.15, 0.2) is 0 Å². The highest BCUT2D eigenvalue weighted by molar-refractivity contribution is 6.04. The highest BCUT2D eigenvalue weighted by Crippen LogP contribution is 2.26. The summed E-state index contributed by atoms with van der Waals surface area (Å²) in [7, 11) is 1.56. The maximum absolute atomic E-state index is 12.4. The molecular weight excluding hydrogens is 292 g/mol. The lowest BCUT2D eigenvalue weighted by molar-refractivity contribution is -0.116. The molecule has 23 heavy (non-hydrogen) atoms. The number of anilines is 1. The fourth-order valence-corrected chi connectivity index (χ4v) is 2.74. The van der Waals surface area contributed by atoms with Gasteiger partial charge in [0, 0.05) is 12.5 Å². The predicted molar refractivity (Wildman–Crippen MR) is 88.6 cm³/mol. The van der Waals surface area contributed by atoms with Crippen molar-refractivity contribution in [3.05, 3.63) is 35.9 Å². The van der Waals surface area contributed by atoms with Gasteiger partial charge in [0.05, 0.1) is 18.4 Å². The van der Waals surface area contributed by atoms with Gasteiger partial charge >= 0.3 is 0 Å². The van der Waals surface area contributed by atoms with Crippen LogP contribution in [0.25, 0.3) is 0 Å². The lowest BCUT2D eigenvalue weighted by Gasteiger charge is -2.14. The minimum atomic E-state index is -0.164. The Morgan fingerprint density at radius 3 is 2.74 bits per heavy atom. The summed E-state index contributed by atoms with van der Waals surface area (Å²) in [5.74, 6) is 0.675. The molecule has 0 heterocycles. The van der Waals surface area contributed by atoms with E-state index in [1.807, 2.05) is 0 Å². The summed E-state index contributed by atoms with van der Waals surface area (Å²) < 4.78 is 5.19. The van der Waals surface area contributed by atoms with Crippen molar-refractivity contribution in [1.82, 2.24) is 5.32 Å². The molecule has 0 saturated heterocycles. The second-order valence-corrected chi connectivity index (χ2v) is 6.18. The zero-order valence-electron chi connectivity index (χ0n) is 13.3. The highest BCUT2D eigenvalue weighted by atomic mass is 16.5.